The third-order valence-electron chi connectivity index (χ3n) is 5.09. The summed E-state index contributed by atoms with van der Waals surface area (Å²) in [5, 5.41) is 9.41. The number of carbonyl (C=O) groups is 2. The molecule has 1 aliphatic heterocycles. The van der Waals surface area contributed by atoms with E-state index in [0.717, 1.165) is 42.9 Å². The lowest BCUT2D eigenvalue weighted by atomic mass is 10.1. The average molecular weight is 392 g/mol. The van der Waals surface area contributed by atoms with Gasteiger partial charge in [-0.05, 0) is 44.4 Å². The molecule has 0 bridgehead atoms. The van der Waals surface area contributed by atoms with Gasteiger partial charge < -0.3 is 14.0 Å². The van der Waals surface area contributed by atoms with Crippen LogP contribution in [0.15, 0.2) is 42.0 Å². The summed E-state index contributed by atoms with van der Waals surface area (Å²) >= 11 is 0. The van der Waals surface area contributed by atoms with Gasteiger partial charge in [0.1, 0.15) is 11.6 Å². The maximum absolute atomic E-state index is 12.3. The van der Waals surface area contributed by atoms with Crippen LogP contribution < -0.4 is 0 Å². The summed E-state index contributed by atoms with van der Waals surface area (Å²) < 4.78 is 12.9. The number of nitrogens with zero attached hydrogens (tertiary/aromatic N) is 2. The summed E-state index contributed by atoms with van der Waals surface area (Å²) in [4.78, 5) is 24.4. The van der Waals surface area contributed by atoms with Crippen LogP contribution in [0.25, 0.3) is 6.08 Å². The van der Waals surface area contributed by atoms with Gasteiger partial charge in [-0.1, -0.05) is 30.3 Å². The number of benzene rings is 1. The van der Waals surface area contributed by atoms with Gasteiger partial charge >= 0.3 is 5.97 Å². The van der Waals surface area contributed by atoms with E-state index < -0.39 is 12.6 Å². The number of Topliss-reactive ketones (excluding diaryl/α,β-unsaturated/α-hetero) is 1. The fourth-order valence-electron chi connectivity index (χ4n) is 3.46. The smallest absolute Gasteiger partial charge is 0.349 e. The van der Waals surface area contributed by atoms with Crippen molar-refractivity contribution in [2.45, 2.75) is 39.3 Å². The fraction of sp³-hybridized carbons (Fsp3) is 0.348. The van der Waals surface area contributed by atoms with E-state index in [4.69, 9.17) is 9.47 Å². The molecule has 0 radical (unpaired) electrons. The molecule has 0 unspecified atom stereocenters. The van der Waals surface area contributed by atoms with Crippen molar-refractivity contribution < 1.29 is 19.1 Å². The molecule has 1 aliphatic rings. The zero-order valence-electron chi connectivity index (χ0n) is 16.7. The van der Waals surface area contributed by atoms with Crippen molar-refractivity contribution in [1.82, 2.24) is 4.57 Å². The molecule has 1 atom stereocenters. The first kappa shape index (κ1) is 20.6. The van der Waals surface area contributed by atoms with E-state index in [1.807, 2.05) is 26.0 Å². The van der Waals surface area contributed by atoms with Gasteiger partial charge in [0.25, 0.3) is 0 Å². The van der Waals surface area contributed by atoms with E-state index in [1.165, 1.54) is 6.08 Å². The van der Waals surface area contributed by atoms with Crippen molar-refractivity contribution in [3.63, 3.8) is 0 Å². The Morgan fingerprint density at radius 2 is 2.07 bits per heavy atom. The number of ether oxygens (including phenoxy) is 2. The SMILES string of the molecule is Cc1cc(/C=C(\C#N)C(=O)OCC(=O)c2ccccc2)c(C)n1C[C@@H]1CCCO1. The predicted octanol–water partition coefficient (Wildman–Crippen LogP) is 3.62. The molecule has 1 saturated heterocycles. The third-order valence-corrected chi connectivity index (χ3v) is 5.09. The number of hydrogen-bond acceptors (Lipinski definition) is 5. The zero-order chi connectivity index (χ0) is 20.8. The first-order chi connectivity index (χ1) is 14.0. The molecule has 29 heavy (non-hydrogen) atoms. The second-order valence-corrected chi connectivity index (χ2v) is 7.11. The number of hydrogen-bond donors (Lipinski definition) is 0. The molecular formula is C23H24N2O4. The molecule has 0 saturated carbocycles. The largest absolute Gasteiger partial charge is 0.453 e. The highest BCUT2D eigenvalue weighted by atomic mass is 16.5. The zero-order valence-corrected chi connectivity index (χ0v) is 16.7. The van der Waals surface area contributed by atoms with Crippen LogP contribution in [-0.4, -0.2) is 35.6 Å². The van der Waals surface area contributed by atoms with Gasteiger partial charge in [-0.15, -0.1) is 0 Å². The van der Waals surface area contributed by atoms with E-state index in [0.29, 0.717) is 5.56 Å². The van der Waals surface area contributed by atoms with Crippen LogP contribution in [0.4, 0.5) is 0 Å². The van der Waals surface area contributed by atoms with Crippen LogP contribution in [0.3, 0.4) is 0 Å². The average Bonchev–Trinajstić information content (AvgIpc) is 3.34. The lowest BCUT2D eigenvalue weighted by Gasteiger charge is -2.14. The van der Waals surface area contributed by atoms with Crippen molar-refractivity contribution in [3.8, 4) is 6.07 Å². The first-order valence-electron chi connectivity index (χ1n) is 9.65. The summed E-state index contributed by atoms with van der Waals surface area (Å²) in [5.41, 5.74) is 3.10. The Hall–Kier alpha value is -3.17. The van der Waals surface area contributed by atoms with Crippen molar-refractivity contribution in [1.29, 1.82) is 5.26 Å². The second kappa shape index (κ2) is 9.35. The summed E-state index contributed by atoms with van der Waals surface area (Å²) in [5.74, 6) is -1.12. The molecule has 150 valence electrons. The van der Waals surface area contributed by atoms with Gasteiger partial charge in [0, 0.05) is 30.1 Å². The Morgan fingerprint density at radius 3 is 2.72 bits per heavy atom. The van der Waals surface area contributed by atoms with Gasteiger partial charge in [0.05, 0.1) is 6.10 Å². The molecule has 0 spiro atoms. The topological polar surface area (TPSA) is 81.3 Å². The van der Waals surface area contributed by atoms with Gasteiger partial charge in [0.15, 0.2) is 12.4 Å². The third kappa shape index (κ3) is 5.01. The Balaban J connectivity index is 1.69. The van der Waals surface area contributed by atoms with Crippen molar-refractivity contribution in [2.24, 2.45) is 0 Å². The van der Waals surface area contributed by atoms with Crippen LogP contribution in [0.5, 0.6) is 0 Å². The number of nitriles is 1. The predicted molar refractivity (Wildman–Crippen MR) is 108 cm³/mol. The molecule has 0 aliphatic carbocycles. The molecule has 6 nitrogen and oxygen atoms in total. The van der Waals surface area contributed by atoms with Crippen LogP contribution in [0.1, 0.15) is 40.2 Å². The molecule has 1 aromatic heterocycles. The second-order valence-electron chi connectivity index (χ2n) is 7.11. The molecule has 1 fully saturated rings. The Bertz CT molecular complexity index is 961. The molecule has 6 heteroatoms. The lowest BCUT2D eigenvalue weighted by molar-refractivity contribution is -0.137. The van der Waals surface area contributed by atoms with Gasteiger partial charge in [-0.25, -0.2) is 4.79 Å². The van der Waals surface area contributed by atoms with E-state index in [2.05, 4.69) is 4.57 Å². The lowest BCUT2D eigenvalue weighted by Crippen LogP contribution is -2.17. The Labute approximate surface area is 170 Å². The summed E-state index contributed by atoms with van der Waals surface area (Å²) in [6, 6.07) is 12.4. The van der Waals surface area contributed by atoms with Crippen LogP contribution in [-0.2, 0) is 20.8 Å². The molecule has 2 aromatic rings. The quantitative estimate of drug-likeness (QED) is 0.311. The van der Waals surface area contributed by atoms with Crippen LogP contribution in [0, 0.1) is 25.2 Å². The number of aromatic nitrogens is 1. The molecule has 0 N–H and O–H groups in total. The first-order valence-corrected chi connectivity index (χ1v) is 9.65. The van der Waals surface area contributed by atoms with Gasteiger partial charge in [0.2, 0.25) is 0 Å². The Morgan fingerprint density at radius 1 is 1.31 bits per heavy atom. The number of aryl methyl sites for hydroxylation is 1. The number of rotatable bonds is 7. The molecule has 1 aromatic carbocycles. The minimum Gasteiger partial charge on any atom is -0.453 e. The van der Waals surface area contributed by atoms with E-state index >= 15 is 0 Å². The maximum Gasteiger partial charge on any atom is 0.349 e. The van der Waals surface area contributed by atoms with E-state index in [-0.39, 0.29) is 17.5 Å². The minimum absolute atomic E-state index is 0.136. The fourth-order valence-corrected chi connectivity index (χ4v) is 3.46. The van der Waals surface area contributed by atoms with Crippen molar-refractivity contribution in [2.75, 3.05) is 13.2 Å². The van der Waals surface area contributed by atoms with E-state index in [1.54, 1.807) is 30.3 Å². The summed E-state index contributed by atoms with van der Waals surface area (Å²) in [6.45, 7) is 5.08. The number of carbonyl (C=O) groups excluding carboxylic acids is 2. The van der Waals surface area contributed by atoms with Gasteiger partial charge in [-0.2, -0.15) is 5.26 Å². The maximum atomic E-state index is 12.3. The Kier molecular flexibility index (Phi) is 6.63. The molecular weight excluding hydrogens is 368 g/mol. The minimum atomic E-state index is -0.805. The molecule has 3 rings (SSSR count). The summed E-state index contributed by atoms with van der Waals surface area (Å²) in [6.07, 6.45) is 3.82. The summed E-state index contributed by atoms with van der Waals surface area (Å²) in [7, 11) is 0. The van der Waals surface area contributed by atoms with Crippen LogP contribution in [0.2, 0.25) is 0 Å². The van der Waals surface area contributed by atoms with Crippen LogP contribution >= 0.6 is 0 Å². The highest BCUT2D eigenvalue weighted by molar-refractivity contribution is 6.01. The number of esters is 1. The highest BCUT2D eigenvalue weighted by Crippen LogP contribution is 2.22. The van der Waals surface area contributed by atoms with E-state index in [9.17, 15) is 14.9 Å². The van der Waals surface area contributed by atoms with Crippen molar-refractivity contribution in [3.05, 3.63) is 64.5 Å². The standard InChI is InChI=1S/C23H24N2O4/c1-16-11-19(17(2)25(16)14-21-9-6-10-28-21)12-20(13-24)23(27)29-15-22(26)18-7-4-3-5-8-18/h3-5,7-8,11-12,21H,6,9-10,14-15H2,1-2H3/b20-12+/t21-/m0/s1. The normalized spacial score (nSPS) is 16.4. The van der Waals surface area contributed by atoms with Crippen molar-refractivity contribution >= 4 is 17.8 Å². The monoisotopic (exact) mass is 392 g/mol. The number of ketones is 1. The van der Waals surface area contributed by atoms with Gasteiger partial charge in [-0.3, -0.25) is 4.79 Å². The molecule has 0 amide bonds. The highest BCUT2D eigenvalue weighted by Gasteiger charge is 2.20. The molecule has 2 heterocycles.